The second-order valence-electron chi connectivity index (χ2n) is 5.69. The van der Waals surface area contributed by atoms with Crippen LogP contribution in [0.4, 0.5) is 5.13 Å². The third-order valence-electron chi connectivity index (χ3n) is 4.01. The van der Waals surface area contributed by atoms with Crippen molar-refractivity contribution in [1.82, 2.24) is 20.1 Å². The Labute approximate surface area is 130 Å². The van der Waals surface area contributed by atoms with Crippen molar-refractivity contribution in [3.05, 3.63) is 28.5 Å². The Bertz CT molecular complexity index is 601. The van der Waals surface area contributed by atoms with Gasteiger partial charge in [-0.3, -0.25) is 4.68 Å². The summed E-state index contributed by atoms with van der Waals surface area (Å²) in [6.45, 7) is 4.00. The molecule has 2 heterocycles. The van der Waals surface area contributed by atoms with Crippen LogP contribution >= 0.6 is 11.3 Å². The molecule has 0 amide bonds. The minimum Gasteiger partial charge on any atom is -0.354 e. The maximum absolute atomic E-state index is 4.51. The van der Waals surface area contributed by atoms with E-state index in [0.29, 0.717) is 6.04 Å². The number of thiazole rings is 1. The van der Waals surface area contributed by atoms with Gasteiger partial charge in [0.1, 0.15) is 0 Å². The highest BCUT2D eigenvalue weighted by Gasteiger charge is 2.23. The molecule has 6 heteroatoms. The SMILES string of the molecule is CCn1ncc2c1CCCC2NCc1cnc(N(C)C)s1. The normalized spacial score (nSPS) is 17.8. The minimum absolute atomic E-state index is 0.430. The van der Waals surface area contributed by atoms with Crippen LogP contribution in [0.25, 0.3) is 0 Å². The van der Waals surface area contributed by atoms with E-state index in [4.69, 9.17) is 0 Å². The lowest BCUT2D eigenvalue weighted by molar-refractivity contribution is 0.449. The van der Waals surface area contributed by atoms with Gasteiger partial charge in [-0.2, -0.15) is 5.10 Å². The summed E-state index contributed by atoms with van der Waals surface area (Å²) in [5.74, 6) is 0. The van der Waals surface area contributed by atoms with Gasteiger partial charge >= 0.3 is 0 Å². The van der Waals surface area contributed by atoms with E-state index in [-0.39, 0.29) is 0 Å². The van der Waals surface area contributed by atoms with Gasteiger partial charge in [0.25, 0.3) is 0 Å². The summed E-state index contributed by atoms with van der Waals surface area (Å²) in [6, 6.07) is 0.430. The molecule has 1 N–H and O–H groups in total. The molecule has 3 rings (SSSR count). The van der Waals surface area contributed by atoms with Crippen LogP contribution in [0.2, 0.25) is 0 Å². The molecule has 1 unspecified atom stereocenters. The predicted molar refractivity (Wildman–Crippen MR) is 86.9 cm³/mol. The van der Waals surface area contributed by atoms with Crippen LogP contribution in [0.3, 0.4) is 0 Å². The number of aromatic nitrogens is 3. The lowest BCUT2D eigenvalue weighted by Crippen LogP contribution is -2.24. The van der Waals surface area contributed by atoms with Crippen LogP contribution in [-0.2, 0) is 19.5 Å². The number of anilines is 1. The first-order valence-electron chi connectivity index (χ1n) is 7.59. The smallest absolute Gasteiger partial charge is 0.185 e. The van der Waals surface area contributed by atoms with E-state index in [1.165, 1.54) is 29.0 Å². The average molecular weight is 305 g/mol. The number of hydrogen-bond acceptors (Lipinski definition) is 5. The van der Waals surface area contributed by atoms with Crippen molar-refractivity contribution in [3.8, 4) is 0 Å². The number of hydrogen-bond donors (Lipinski definition) is 1. The molecule has 2 aromatic heterocycles. The van der Waals surface area contributed by atoms with E-state index >= 15 is 0 Å². The van der Waals surface area contributed by atoms with Crippen molar-refractivity contribution in [2.24, 2.45) is 0 Å². The minimum atomic E-state index is 0.430. The first-order valence-corrected chi connectivity index (χ1v) is 8.40. The number of rotatable bonds is 5. The van der Waals surface area contributed by atoms with Gasteiger partial charge in [0, 0.05) is 55.6 Å². The van der Waals surface area contributed by atoms with Gasteiger partial charge in [0.15, 0.2) is 5.13 Å². The van der Waals surface area contributed by atoms with Gasteiger partial charge in [0.05, 0.1) is 6.20 Å². The highest BCUT2D eigenvalue weighted by atomic mass is 32.1. The fraction of sp³-hybridized carbons (Fsp3) is 0.600. The monoisotopic (exact) mass is 305 g/mol. The van der Waals surface area contributed by atoms with Crippen LogP contribution in [-0.4, -0.2) is 28.9 Å². The standard InChI is InChI=1S/C15H23N5S/c1-4-20-14-7-5-6-13(12(14)10-18-20)16-8-11-9-17-15(21-11)19(2)3/h9-10,13,16H,4-8H2,1-3H3. The summed E-state index contributed by atoms with van der Waals surface area (Å²) >= 11 is 1.75. The van der Waals surface area contributed by atoms with Gasteiger partial charge in [-0.05, 0) is 26.2 Å². The van der Waals surface area contributed by atoms with Crippen LogP contribution in [0, 0.1) is 0 Å². The fourth-order valence-corrected chi connectivity index (χ4v) is 3.70. The first-order chi connectivity index (χ1) is 10.2. The molecule has 0 saturated heterocycles. The molecule has 0 fully saturated rings. The van der Waals surface area contributed by atoms with Crippen molar-refractivity contribution in [1.29, 1.82) is 0 Å². The van der Waals surface area contributed by atoms with Crippen LogP contribution < -0.4 is 10.2 Å². The van der Waals surface area contributed by atoms with Gasteiger partial charge in [-0.15, -0.1) is 11.3 Å². The van der Waals surface area contributed by atoms with Gasteiger partial charge < -0.3 is 10.2 Å². The molecule has 0 spiro atoms. The fourth-order valence-electron chi connectivity index (χ4n) is 2.91. The van der Waals surface area contributed by atoms with Gasteiger partial charge in [-0.25, -0.2) is 4.98 Å². The maximum atomic E-state index is 4.51. The second kappa shape index (κ2) is 6.15. The predicted octanol–water partition coefficient (Wildman–Crippen LogP) is 2.59. The maximum Gasteiger partial charge on any atom is 0.185 e. The summed E-state index contributed by atoms with van der Waals surface area (Å²) in [6.07, 6.45) is 7.62. The topological polar surface area (TPSA) is 46.0 Å². The van der Waals surface area contributed by atoms with E-state index in [1.54, 1.807) is 11.3 Å². The molecule has 0 radical (unpaired) electrons. The van der Waals surface area contributed by atoms with Crippen LogP contribution in [0.15, 0.2) is 12.4 Å². The molecule has 1 aliphatic carbocycles. The lowest BCUT2D eigenvalue weighted by Gasteiger charge is -2.24. The Morgan fingerprint density at radius 2 is 2.29 bits per heavy atom. The number of nitrogens with zero attached hydrogens (tertiary/aromatic N) is 4. The third kappa shape index (κ3) is 2.96. The van der Waals surface area contributed by atoms with Crippen LogP contribution in [0.5, 0.6) is 0 Å². The zero-order valence-electron chi connectivity index (χ0n) is 13.0. The molecule has 2 aromatic rings. The quantitative estimate of drug-likeness (QED) is 0.922. The first kappa shape index (κ1) is 14.5. The highest BCUT2D eigenvalue weighted by Crippen LogP contribution is 2.30. The Kier molecular flexibility index (Phi) is 4.26. The highest BCUT2D eigenvalue weighted by molar-refractivity contribution is 7.15. The Hall–Kier alpha value is -1.40. The second-order valence-corrected chi connectivity index (χ2v) is 6.79. The third-order valence-corrected chi connectivity index (χ3v) is 5.17. The Morgan fingerprint density at radius 1 is 1.43 bits per heavy atom. The van der Waals surface area contributed by atoms with Gasteiger partial charge in [-0.1, -0.05) is 0 Å². The van der Waals surface area contributed by atoms with Gasteiger partial charge in [0.2, 0.25) is 0 Å². The average Bonchev–Trinajstić information content (AvgIpc) is 3.11. The number of aryl methyl sites for hydroxylation is 1. The molecule has 21 heavy (non-hydrogen) atoms. The lowest BCUT2D eigenvalue weighted by atomic mass is 9.93. The largest absolute Gasteiger partial charge is 0.354 e. The molecule has 0 aliphatic heterocycles. The molecule has 0 aromatic carbocycles. The van der Waals surface area contributed by atoms with Crippen molar-refractivity contribution >= 4 is 16.5 Å². The molecular weight excluding hydrogens is 282 g/mol. The van der Waals surface area contributed by atoms with Crippen molar-refractivity contribution in [3.63, 3.8) is 0 Å². The molecule has 0 saturated carbocycles. The molecule has 1 aliphatic rings. The molecule has 0 bridgehead atoms. The van der Waals surface area contributed by atoms with E-state index in [0.717, 1.165) is 24.6 Å². The zero-order chi connectivity index (χ0) is 14.8. The molecule has 1 atom stereocenters. The van der Waals surface area contributed by atoms with E-state index in [1.807, 2.05) is 26.5 Å². The van der Waals surface area contributed by atoms with Crippen LogP contribution in [0.1, 0.15) is 41.9 Å². The van der Waals surface area contributed by atoms with Crippen molar-refractivity contribution < 1.29 is 0 Å². The van der Waals surface area contributed by atoms with E-state index in [9.17, 15) is 0 Å². The summed E-state index contributed by atoms with van der Waals surface area (Å²) in [5.41, 5.74) is 2.81. The van der Waals surface area contributed by atoms with E-state index in [2.05, 4.69) is 31.9 Å². The molecular formula is C15H23N5S. The summed E-state index contributed by atoms with van der Waals surface area (Å²) in [4.78, 5) is 7.77. The Morgan fingerprint density at radius 3 is 3.00 bits per heavy atom. The summed E-state index contributed by atoms with van der Waals surface area (Å²) in [7, 11) is 4.06. The zero-order valence-corrected chi connectivity index (χ0v) is 13.8. The van der Waals surface area contributed by atoms with Crippen molar-refractivity contribution in [2.75, 3.05) is 19.0 Å². The number of fused-ring (bicyclic) bond motifs is 1. The Balaban J connectivity index is 1.67. The summed E-state index contributed by atoms with van der Waals surface area (Å²) < 4.78 is 2.14. The van der Waals surface area contributed by atoms with Crippen molar-refractivity contribution in [2.45, 2.75) is 45.3 Å². The number of nitrogens with one attached hydrogen (secondary N) is 1. The summed E-state index contributed by atoms with van der Waals surface area (Å²) in [5, 5.41) is 9.26. The van der Waals surface area contributed by atoms with E-state index < -0.39 is 0 Å². The molecule has 114 valence electrons. The molecule has 5 nitrogen and oxygen atoms in total.